The van der Waals surface area contributed by atoms with Gasteiger partial charge in [0.15, 0.2) is 0 Å². The summed E-state index contributed by atoms with van der Waals surface area (Å²) in [6.45, 7) is 8.45. The van der Waals surface area contributed by atoms with Gasteiger partial charge in [0.05, 0.1) is 19.3 Å². The van der Waals surface area contributed by atoms with Gasteiger partial charge in [0, 0.05) is 32.4 Å². The molecule has 0 spiro atoms. The third-order valence-corrected chi connectivity index (χ3v) is 3.99. The largest absolute Gasteiger partial charge is 0.378 e. The zero-order valence-electron chi connectivity index (χ0n) is 11.0. The highest BCUT2D eigenvalue weighted by molar-refractivity contribution is 5.41. The fraction of sp³-hybridized carbons (Fsp3) is 0.643. The first-order valence-corrected chi connectivity index (χ1v) is 6.88. The Morgan fingerprint density at radius 2 is 2.06 bits per heavy atom. The van der Waals surface area contributed by atoms with Crippen molar-refractivity contribution in [3.05, 3.63) is 23.9 Å². The molecule has 0 aromatic carbocycles. The van der Waals surface area contributed by atoms with Crippen LogP contribution in [0.1, 0.15) is 12.5 Å². The summed E-state index contributed by atoms with van der Waals surface area (Å²) in [4.78, 5) is 9.44. The van der Waals surface area contributed by atoms with Crippen LogP contribution in [0.4, 0.5) is 5.82 Å². The van der Waals surface area contributed by atoms with Gasteiger partial charge in [-0.3, -0.25) is 4.90 Å². The SMILES string of the molecule is CCc1ccnc(N2CCN(C3COC3)CC2)c1. The van der Waals surface area contributed by atoms with Crippen molar-refractivity contribution in [1.29, 1.82) is 0 Å². The average molecular weight is 247 g/mol. The topological polar surface area (TPSA) is 28.6 Å². The molecule has 0 atom stereocenters. The number of rotatable bonds is 3. The van der Waals surface area contributed by atoms with Gasteiger partial charge in [-0.2, -0.15) is 0 Å². The van der Waals surface area contributed by atoms with E-state index in [0.717, 1.165) is 51.6 Å². The minimum absolute atomic E-state index is 0.669. The molecule has 0 radical (unpaired) electrons. The van der Waals surface area contributed by atoms with Gasteiger partial charge in [0.2, 0.25) is 0 Å². The van der Waals surface area contributed by atoms with E-state index in [4.69, 9.17) is 4.74 Å². The molecule has 1 aromatic heterocycles. The molecular weight excluding hydrogens is 226 g/mol. The molecule has 18 heavy (non-hydrogen) atoms. The number of aryl methyl sites for hydroxylation is 1. The molecule has 0 aliphatic carbocycles. The van der Waals surface area contributed by atoms with Crippen LogP contribution in [0.5, 0.6) is 0 Å². The minimum Gasteiger partial charge on any atom is -0.378 e. The lowest BCUT2D eigenvalue weighted by Crippen LogP contribution is -2.56. The Hall–Kier alpha value is -1.13. The van der Waals surface area contributed by atoms with Gasteiger partial charge < -0.3 is 9.64 Å². The number of ether oxygens (including phenoxy) is 1. The molecule has 0 amide bonds. The van der Waals surface area contributed by atoms with Crippen LogP contribution in [0.3, 0.4) is 0 Å². The van der Waals surface area contributed by atoms with Crippen molar-refractivity contribution in [2.45, 2.75) is 19.4 Å². The highest BCUT2D eigenvalue weighted by atomic mass is 16.5. The normalized spacial score (nSPS) is 21.9. The summed E-state index contributed by atoms with van der Waals surface area (Å²) in [6, 6.07) is 5.00. The van der Waals surface area contributed by atoms with Crippen LogP contribution in [0.15, 0.2) is 18.3 Å². The lowest BCUT2D eigenvalue weighted by Gasteiger charge is -2.42. The second kappa shape index (κ2) is 5.24. The van der Waals surface area contributed by atoms with Crippen molar-refractivity contribution >= 4 is 5.82 Å². The molecule has 2 saturated heterocycles. The number of hydrogen-bond acceptors (Lipinski definition) is 4. The van der Waals surface area contributed by atoms with Crippen LogP contribution in [0, 0.1) is 0 Å². The van der Waals surface area contributed by atoms with E-state index in [0.29, 0.717) is 6.04 Å². The molecule has 98 valence electrons. The Bertz CT molecular complexity index is 398. The monoisotopic (exact) mass is 247 g/mol. The molecular formula is C14H21N3O. The van der Waals surface area contributed by atoms with Gasteiger partial charge in [-0.15, -0.1) is 0 Å². The summed E-state index contributed by atoms with van der Waals surface area (Å²) in [5.41, 5.74) is 1.37. The highest BCUT2D eigenvalue weighted by Crippen LogP contribution is 2.18. The molecule has 2 fully saturated rings. The maximum atomic E-state index is 5.26. The number of piperazine rings is 1. The van der Waals surface area contributed by atoms with Crippen LogP contribution in [0.25, 0.3) is 0 Å². The van der Waals surface area contributed by atoms with Crippen LogP contribution in [-0.2, 0) is 11.2 Å². The fourth-order valence-corrected chi connectivity index (χ4v) is 2.60. The van der Waals surface area contributed by atoms with E-state index in [2.05, 4.69) is 33.8 Å². The molecule has 0 saturated carbocycles. The van der Waals surface area contributed by atoms with E-state index in [1.54, 1.807) is 0 Å². The van der Waals surface area contributed by atoms with E-state index in [1.165, 1.54) is 5.56 Å². The van der Waals surface area contributed by atoms with Crippen molar-refractivity contribution in [3.8, 4) is 0 Å². The summed E-state index contributed by atoms with van der Waals surface area (Å²) in [5, 5.41) is 0. The van der Waals surface area contributed by atoms with Gasteiger partial charge in [-0.05, 0) is 24.1 Å². The maximum absolute atomic E-state index is 5.26. The maximum Gasteiger partial charge on any atom is 0.128 e. The third-order valence-electron chi connectivity index (χ3n) is 3.99. The Labute approximate surface area is 109 Å². The Kier molecular flexibility index (Phi) is 3.48. The Balaban J connectivity index is 1.60. The van der Waals surface area contributed by atoms with Crippen LogP contribution in [0.2, 0.25) is 0 Å². The zero-order chi connectivity index (χ0) is 12.4. The summed E-state index contributed by atoms with van der Waals surface area (Å²) < 4.78 is 5.26. The predicted molar refractivity (Wildman–Crippen MR) is 72.0 cm³/mol. The van der Waals surface area contributed by atoms with Crippen LogP contribution in [-0.4, -0.2) is 55.3 Å². The standard InChI is InChI=1S/C14H21N3O/c1-2-12-3-4-15-14(9-12)17-7-5-16(6-8-17)13-10-18-11-13/h3-4,9,13H,2,5-8,10-11H2,1H3. The third kappa shape index (κ3) is 2.35. The molecule has 0 N–H and O–H groups in total. The molecule has 3 rings (SSSR count). The molecule has 0 bridgehead atoms. The second-order valence-electron chi connectivity index (χ2n) is 5.09. The minimum atomic E-state index is 0.669. The molecule has 3 heterocycles. The Morgan fingerprint density at radius 1 is 1.28 bits per heavy atom. The summed E-state index contributed by atoms with van der Waals surface area (Å²) in [5.74, 6) is 1.14. The number of nitrogens with zero attached hydrogens (tertiary/aromatic N) is 3. The van der Waals surface area contributed by atoms with Gasteiger partial charge >= 0.3 is 0 Å². The zero-order valence-corrected chi connectivity index (χ0v) is 11.0. The van der Waals surface area contributed by atoms with Crippen molar-refractivity contribution in [2.75, 3.05) is 44.3 Å². The first-order valence-electron chi connectivity index (χ1n) is 6.88. The number of aromatic nitrogens is 1. The number of anilines is 1. The van der Waals surface area contributed by atoms with Crippen molar-refractivity contribution in [2.24, 2.45) is 0 Å². The van der Waals surface area contributed by atoms with Crippen molar-refractivity contribution < 1.29 is 4.74 Å². The van der Waals surface area contributed by atoms with E-state index >= 15 is 0 Å². The van der Waals surface area contributed by atoms with Gasteiger partial charge in [-0.1, -0.05) is 6.92 Å². The second-order valence-corrected chi connectivity index (χ2v) is 5.09. The first kappa shape index (κ1) is 11.9. The lowest BCUT2D eigenvalue weighted by molar-refractivity contribution is -0.0661. The van der Waals surface area contributed by atoms with Crippen molar-refractivity contribution in [1.82, 2.24) is 9.88 Å². The van der Waals surface area contributed by atoms with Gasteiger partial charge in [0.1, 0.15) is 5.82 Å². The van der Waals surface area contributed by atoms with Crippen LogP contribution < -0.4 is 4.90 Å². The quantitative estimate of drug-likeness (QED) is 0.801. The van der Waals surface area contributed by atoms with Gasteiger partial charge in [0.25, 0.3) is 0 Å². The Morgan fingerprint density at radius 3 is 2.67 bits per heavy atom. The molecule has 4 heteroatoms. The van der Waals surface area contributed by atoms with E-state index in [1.807, 2.05) is 6.20 Å². The smallest absolute Gasteiger partial charge is 0.128 e. The van der Waals surface area contributed by atoms with E-state index < -0.39 is 0 Å². The molecule has 1 aromatic rings. The van der Waals surface area contributed by atoms with Crippen molar-refractivity contribution in [3.63, 3.8) is 0 Å². The highest BCUT2D eigenvalue weighted by Gasteiger charge is 2.29. The summed E-state index contributed by atoms with van der Waals surface area (Å²) in [6.07, 6.45) is 3.01. The molecule has 2 aliphatic heterocycles. The number of pyridine rings is 1. The fourth-order valence-electron chi connectivity index (χ4n) is 2.60. The van der Waals surface area contributed by atoms with Crippen LogP contribution >= 0.6 is 0 Å². The van der Waals surface area contributed by atoms with E-state index in [-0.39, 0.29) is 0 Å². The first-order chi connectivity index (χ1) is 8.86. The summed E-state index contributed by atoms with van der Waals surface area (Å²) >= 11 is 0. The average Bonchev–Trinajstić information content (AvgIpc) is 2.38. The summed E-state index contributed by atoms with van der Waals surface area (Å²) in [7, 11) is 0. The predicted octanol–water partition coefficient (Wildman–Crippen LogP) is 1.16. The lowest BCUT2D eigenvalue weighted by atomic mass is 10.1. The molecule has 0 unspecified atom stereocenters. The number of hydrogen-bond donors (Lipinski definition) is 0. The van der Waals surface area contributed by atoms with E-state index in [9.17, 15) is 0 Å². The van der Waals surface area contributed by atoms with Gasteiger partial charge in [-0.25, -0.2) is 4.98 Å². The molecule has 4 nitrogen and oxygen atoms in total. The molecule has 2 aliphatic rings.